The lowest BCUT2D eigenvalue weighted by Crippen LogP contribution is -2.23. The van der Waals surface area contributed by atoms with Gasteiger partial charge in [-0.05, 0) is 63.4 Å². The summed E-state index contributed by atoms with van der Waals surface area (Å²) < 4.78 is 31.5. The number of thiol groups is 1. The molecule has 0 unspecified atom stereocenters. The highest BCUT2D eigenvalue weighted by atomic mass is 32.3. The fourth-order valence-corrected chi connectivity index (χ4v) is 5.17. The van der Waals surface area contributed by atoms with Crippen LogP contribution < -0.4 is 10.5 Å². The number of aryl methyl sites for hydroxylation is 2. The number of anilines is 1. The summed E-state index contributed by atoms with van der Waals surface area (Å²) in [6, 6.07) is -0.773. The maximum atomic E-state index is 14.0. The smallest absolute Gasteiger partial charge is 0.304 e. The first-order chi connectivity index (χ1) is 14.9. The second kappa shape index (κ2) is 7.56. The number of rotatable bonds is 6. The van der Waals surface area contributed by atoms with Crippen molar-refractivity contribution in [2.24, 2.45) is 14.8 Å². The largest absolute Gasteiger partial charge is 0.364 e. The number of hydrogen-bond acceptors (Lipinski definition) is 4. The van der Waals surface area contributed by atoms with E-state index in [1.165, 1.54) is 4.68 Å². The summed E-state index contributed by atoms with van der Waals surface area (Å²) in [4.78, 5) is 17.6. The average molecular weight is 448 g/mol. The zero-order valence-corrected chi connectivity index (χ0v) is 18.2. The van der Waals surface area contributed by atoms with Crippen LogP contribution in [0.15, 0.2) is 20.9 Å². The van der Waals surface area contributed by atoms with E-state index in [4.69, 9.17) is 10.1 Å². The minimum atomic E-state index is -4.11. The molecule has 2 heterocycles. The van der Waals surface area contributed by atoms with Gasteiger partial charge in [0.05, 0.1) is 22.2 Å². The van der Waals surface area contributed by atoms with Crippen molar-refractivity contribution in [2.75, 3.05) is 5.32 Å². The second-order valence-electron chi connectivity index (χ2n) is 8.51. The van der Waals surface area contributed by atoms with Gasteiger partial charge in [-0.2, -0.15) is 5.10 Å². The number of aromatic nitrogens is 3. The Kier molecular flexibility index (Phi) is 4.97. The molecule has 2 saturated carbocycles. The predicted molar refractivity (Wildman–Crippen MR) is 114 cm³/mol. The Bertz CT molecular complexity index is 1140. The number of hydrogen-bond donors (Lipinski definition) is 3. The standard InChI is InChI=1S/C20H26FN7O2S/c1-2-28-10-14(21)19(26-28)31(22,30)27-25-20(29)24-18-13-4-3-5-15(13)23-17(12-8-9-12)16(18)11-6-7-11/h10-12,31H,2-9H2,1H3,(H2,22,30)(H,23,24,29)/b27-25+. The molecule has 9 nitrogen and oxygen atoms in total. The molecule has 0 aliphatic heterocycles. The SMILES string of the molecule is CCn1cc(F)c([SH](N)(=O)/N=N/C(=O)Nc2c3c(nc(C4CC4)c2C2CC2)CCC3)n1. The molecular weight excluding hydrogens is 421 g/mol. The van der Waals surface area contributed by atoms with E-state index < -0.39 is 27.2 Å². The third-order valence-electron chi connectivity index (χ3n) is 6.07. The summed E-state index contributed by atoms with van der Waals surface area (Å²) >= 11 is 0. The van der Waals surface area contributed by atoms with Gasteiger partial charge in [-0.15, -0.1) is 0 Å². The van der Waals surface area contributed by atoms with Gasteiger partial charge < -0.3 is 5.32 Å². The summed E-state index contributed by atoms with van der Waals surface area (Å²) in [7, 11) is -4.11. The van der Waals surface area contributed by atoms with Gasteiger partial charge in [-0.1, -0.05) is 9.63 Å². The third-order valence-corrected chi connectivity index (χ3v) is 7.33. The first-order valence-electron chi connectivity index (χ1n) is 10.8. The lowest BCUT2D eigenvalue weighted by Gasteiger charge is -2.18. The number of fused-ring (bicyclic) bond motifs is 1. The van der Waals surface area contributed by atoms with Gasteiger partial charge >= 0.3 is 6.03 Å². The van der Waals surface area contributed by atoms with E-state index in [1.54, 1.807) is 6.92 Å². The van der Waals surface area contributed by atoms with E-state index >= 15 is 0 Å². The monoisotopic (exact) mass is 447 g/mol. The van der Waals surface area contributed by atoms with Crippen molar-refractivity contribution in [1.82, 2.24) is 14.8 Å². The average Bonchev–Trinajstić information content (AvgIpc) is 3.66. The molecule has 0 bridgehead atoms. The van der Waals surface area contributed by atoms with Crippen LogP contribution in [-0.2, 0) is 29.7 Å². The van der Waals surface area contributed by atoms with E-state index in [1.807, 2.05) is 0 Å². The summed E-state index contributed by atoms with van der Waals surface area (Å²) in [5.74, 6) is 0.0535. The quantitative estimate of drug-likeness (QED) is 0.462. The van der Waals surface area contributed by atoms with Crippen LogP contribution in [0.1, 0.15) is 73.4 Å². The first-order valence-corrected chi connectivity index (χ1v) is 12.5. The molecular formula is C20H26FN7O2S. The number of amides is 2. The highest BCUT2D eigenvalue weighted by Gasteiger charge is 2.38. The molecule has 2 amide bonds. The van der Waals surface area contributed by atoms with Gasteiger partial charge in [0.15, 0.2) is 10.8 Å². The highest BCUT2D eigenvalue weighted by Crippen LogP contribution is 2.52. The zero-order chi connectivity index (χ0) is 21.8. The maximum absolute atomic E-state index is 14.0. The van der Waals surface area contributed by atoms with Crippen LogP contribution in [-0.4, -0.2) is 25.0 Å². The first kappa shape index (κ1) is 20.4. The van der Waals surface area contributed by atoms with Crippen LogP contribution in [0.4, 0.5) is 14.9 Å². The Hall–Kier alpha value is -2.53. The van der Waals surface area contributed by atoms with Gasteiger partial charge in [0.25, 0.3) is 0 Å². The molecule has 2 fully saturated rings. The molecule has 2 aromatic rings. The van der Waals surface area contributed by atoms with Crippen molar-refractivity contribution in [3.05, 3.63) is 34.5 Å². The fraction of sp³-hybridized carbons (Fsp3) is 0.550. The molecule has 166 valence electrons. The van der Waals surface area contributed by atoms with Gasteiger partial charge in [0.1, 0.15) is 0 Å². The summed E-state index contributed by atoms with van der Waals surface area (Å²) in [6.45, 7) is 2.14. The molecule has 31 heavy (non-hydrogen) atoms. The summed E-state index contributed by atoms with van der Waals surface area (Å²) in [5, 5.41) is 15.5. The van der Waals surface area contributed by atoms with Crippen LogP contribution in [0.3, 0.4) is 0 Å². The molecule has 3 N–H and O–H groups in total. The van der Waals surface area contributed by atoms with Crippen molar-refractivity contribution in [2.45, 2.75) is 75.3 Å². The summed E-state index contributed by atoms with van der Waals surface area (Å²) in [6.07, 6.45) is 8.28. The van der Waals surface area contributed by atoms with Gasteiger partial charge in [0, 0.05) is 29.4 Å². The van der Waals surface area contributed by atoms with E-state index in [-0.39, 0.29) is 0 Å². The molecule has 5 rings (SSSR count). The number of carbonyl (C=O) groups excluding carboxylic acids is 1. The molecule has 0 radical (unpaired) electrons. The van der Waals surface area contributed by atoms with E-state index in [2.05, 4.69) is 20.0 Å². The van der Waals surface area contributed by atoms with Crippen LogP contribution in [0.2, 0.25) is 0 Å². The van der Waals surface area contributed by atoms with E-state index in [0.717, 1.165) is 79.3 Å². The number of nitrogens with zero attached hydrogens (tertiary/aromatic N) is 5. The minimum absolute atomic E-state index is 0.384. The Morgan fingerprint density at radius 2 is 2.06 bits per heavy atom. The summed E-state index contributed by atoms with van der Waals surface area (Å²) in [5.41, 5.74) is 5.17. The lowest BCUT2D eigenvalue weighted by molar-refractivity contribution is 0.258. The van der Waals surface area contributed by atoms with Crippen molar-refractivity contribution < 1.29 is 13.4 Å². The molecule has 0 aromatic carbocycles. The molecule has 3 aliphatic carbocycles. The van der Waals surface area contributed by atoms with Crippen molar-refractivity contribution in [1.29, 1.82) is 0 Å². The van der Waals surface area contributed by atoms with Crippen LogP contribution in [0, 0.1) is 5.82 Å². The Labute approximate surface area is 180 Å². The van der Waals surface area contributed by atoms with Crippen molar-refractivity contribution in [3.63, 3.8) is 0 Å². The third kappa shape index (κ3) is 3.91. The molecule has 3 aliphatic rings. The fourth-order valence-electron chi connectivity index (χ4n) is 4.26. The zero-order valence-electron chi connectivity index (χ0n) is 17.3. The lowest BCUT2D eigenvalue weighted by atomic mass is 9.98. The number of nitrogens with one attached hydrogen (secondary N) is 1. The second-order valence-corrected chi connectivity index (χ2v) is 10.4. The van der Waals surface area contributed by atoms with Crippen LogP contribution in [0.5, 0.6) is 0 Å². The Balaban J connectivity index is 1.43. The van der Waals surface area contributed by atoms with Crippen LogP contribution in [0.25, 0.3) is 0 Å². The van der Waals surface area contributed by atoms with E-state index in [9.17, 15) is 13.4 Å². The van der Waals surface area contributed by atoms with Crippen LogP contribution >= 0.6 is 0 Å². The molecule has 0 spiro atoms. The number of urea groups is 1. The number of pyridine rings is 1. The normalized spacial score (nSPS) is 19.1. The highest BCUT2D eigenvalue weighted by molar-refractivity contribution is 7.99. The molecule has 0 atom stereocenters. The number of nitrogens with two attached hydrogens (primary N) is 1. The number of carbonyl (C=O) groups is 1. The maximum Gasteiger partial charge on any atom is 0.364 e. The number of halogens is 1. The Morgan fingerprint density at radius 1 is 1.32 bits per heavy atom. The molecule has 2 aromatic heterocycles. The topological polar surface area (TPSA) is 128 Å². The van der Waals surface area contributed by atoms with Crippen molar-refractivity contribution in [3.8, 4) is 0 Å². The Morgan fingerprint density at radius 3 is 2.71 bits per heavy atom. The molecule has 0 saturated heterocycles. The predicted octanol–water partition coefficient (Wildman–Crippen LogP) is 3.53. The van der Waals surface area contributed by atoms with Gasteiger partial charge in [-0.25, -0.2) is 13.4 Å². The molecule has 11 heteroatoms. The van der Waals surface area contributed by atoms with Gasteiger partial charge in [0.2, 0.25) is 0 Å². The minimum Gasteiger partial charge on any atom is -0.304 e. The van der Waals surface area contributed by atoms with Gasteiger partial charge in [-0.3, -0.25) is 14.8 Å². The van der Waals surface area contributed by atoms with E-state index in [0.29, 0.717) is 18.4 Å². The van der Waals surface area contributed by atoms with Crippen molar-refractivity contribution >= 4 is 22.0 Å².